The van der Waals surface area contributed by atoms with Gasteiger partial charge in [0, 0.05) is 26.2 Å². The van der Waals surface area contributed by atoms with Gasteiger partial charge in [-0.15, -0.1) is 0 Å². The fourth-order valence-corrected chi connectivity index (χ4v) is 4.85. The SMILES string of the molecule is CCC(C)c1ccc(S(=O)(=O)N2CCN(C(=O)Cc3ccc(O)cc3)CC2)cc1. The summed E-state index contributed by atoms with van der Waals surface area (Å²) in [5.41, 5.74) is 1.96. The van der Waals surface area contributed by atoms with Crippen LogP contribution in [-0.4, -0.2) is 54.8 Å². The Kier molecular flexibility index (Phi) is 6.59. The molecule has 0 radical (unpaired) electrons. The van der Waals surface area contributed by atoms with Crippen molar-refractivity contribution in [2.75, 3.05) is 26.2 Å². The largest absolute Gasteiger partial charge is 0.508 e. The fraction of sp³-hybridized carbons (Fsp3) is 0.409. The number of phenolic OH excluding ortho intramolecular Hbond substituents is 1. The minimum absolute atomic E-state index is 0.0364. The second-order valence-electron chi connectivity index (χ2n) is 7.51. The molecule has 7 heteroatoms. The molecule has 2 aromatic carbocycles. The van der Waals surface area contributed by atoms with Crippen molar-refractivity contribution in [1.29, 1.82) is 0 Å². The maximum atomic E-state index is 12.9. The van der Waals surface area contributed by atoms with E-state index in [1.165, 1.54) is 4.31 Å². The van der Waals surface area contributed by atoms with Gasteiger partial charge in [0.15, 0.2) is 0 Å². The lowest BCUT2D eigenvalue weighted by Gasteiger charge is -2.34. The third-order valence-corrected chi connectivity index (χ3v) is 7.50. The first kappa shape index (κ1) is 21.3. The summed E-state index contributed by atoms with van der Waals surface area (Å²) in [7, 11) is -3.56. The molecule has 0 spiro atoms. The molecule has 1 N–H and O–H groups in total. The molecule has 1 fully saturated rings. The average molecular weight is 417 g/mol. The Hall–Kier alpha value is -2.38. The Bertz CT molecular complexity index is 932. The first-order valence-corrected chi connectivity index (χ1v) is 11.4. The number of rotatable bonds is 6. The summed E-state index contributed by atoms with van der Waals surface area (Å²) in [6.07, 6.45) is 1.25. The molecule has 1 heterocycles. The highest BCUT2D eigenvalue weighted by molar-refractivity contribution is 7.89. The molecule has 0 aromatic heterocycles. The number of piperazine rings is 1. The number of carbonyl (C=O) groups excluding carboxylic acids is 1. The van der Waals surface area contributed by atoms with E-state index in [-0.39, 0.29) is 31.2 Å². The number of carbonyl (C=O) groups is 1. The first-order valence-electron chi connectivity index (χ1n) is 9.97. The molecule has 0 saturated carbocycles. The maximum Gasteiger partial charge on any atom is 0.243 e. The van der Waals surface area contributed by atoms with E-state index >= 15 is 0 Å². The third-order valence-electron chi connectivity index (χ3n) is 5.58. The molecule has 1 amide bonds. The van der Waals surface area contributed by atoms with Gasteiger partial charge >= 0.3 is 0 Å². The lowest BCUT2D eigenvalue weighted by Crippen LogP contribution is -2.50. The minimum atomic E-state index is -3.56. The summed E-state index contributed by atoms with van der Waals surface area (Å²) < 4.78 is 27.3. The van der Waals surface area contributed by atoms with Crippen LogP contribution in [-0.2, 0) is 21.2 Å². The molecule has 156 valence electrons. The Balaban J connectivity index is 1.60. The van der Waals surface area contributed by atoms with Crippen LogP contribution in [0.1, 0.15) is 37.3 Å². The van der Waals surface area contributed by atoms with Gasteiger partial charge in [-0.1, -0.05) is 38.1 Å². The molecule has 2 aromatic rings. The molecule has 0 bridgehead atoms. The summed E-state index contributed by atoms with van der Waals surface area (Å²) >= 11 is 0. The van der Waals surface area contributed by atoms with Crippen molar-refractivity contribution >= 4 is 15.9 Å². The van der Waals surface area contributed by atoms with Crippen molar-refractivity contribution in [3.63, 3.8) is 0 Å². The molecule has 29 heavy (non-hydrogen) atoms. The standard InChI is InChI=1S/C22H28N2O4S/c1-3-17(2)19-6-10-21(11-7-19)29(27,28)24-14-12-23(13-15-24)22(26)16-18-4-8-20(25)9-5-18/h4-11,17,25H,3,12-16H2,1-2H3. The molecule has 6 nitrogen and oxygen atoms in total. The van der Waals surface area contributed by atoms with E-state index < -0.39 is 10.0 Å². The van der Waals surface area contributed by atoms with Gasteiger partial charge in [-0.05, 0) is 47.7 Å². The number of benzene rings is 2. The zero-order valence-corrected chi connectivity index (χ0v) is 17.7. The van der Waals surface area contributed by atoms with Crippen molar-refractivity contribution in [2.45, 2.75) is 37.5 Å². The predicted octanol–water partition coefficient (Wildman–Crippen LogP) is 2.98. The zero-order valence-electron chi connectivity index (χ0n) is 16.9. The van der Waals surface area contributed by atoms with E-state index in [2.05, 4.69) is 13.8 Å². The highest BCUT2D eigenvalue weighted by Gasteiger charge is 2.30. The molecule has 1 atom stereocenters. The van der Waals surface area contributed by atoms with Crippen LogP contribution in [0.15, 0.2) is 53.4 Å². The zero-order chi connectivity index (χ0) is 21.0. The lowest BCUT2D eigenvalue weighted by atomic mass is 9.99. The van der Waals surface area contributed by atoms with Crippen LogP contribution in [0.2, 0.25) is 0 Å². The van der Waals surface area contributed by atoms with Crippen molar-refractivity contribution in [3.05, 3.63) is 59.7 Å². The Morgan fingerprint density at radius 2 is 1.59 bits per heavy atom. The van der Waals surface area contributed by atoms with Crippen LogP contribution in [0, 0.1) is 0 Å². The van der Waals surface area contributed by atoms with E-state index in [9.17, 15) is 18.3 Å². The van der Waals surface area contributed by atoms with Crippen molar-refractivity contribution in [3.8, 4) is 5.75 Å². The molecule has 1 unspecified atom stereocenters. The van der Waals surface area contributed by atoms with Gasteiger partial charge in [-0.3, -0.25) is 4.79 Å². The lowest BCUT2D eigenvalue weighted by molar-refractivity contribution is -0.131. The van der Waals surface area contributed by atoms with Gasteiger partial charge in [-0.25, -0.2) is 8.42 Å². The number of hydrogen-bond acceptors (Lipinski definition) is 4. The molecule has 3 rings (SSSR count). The maximum absolute atomic E-state index is 12.9. The highest BCUT2D eigenvalue weighted by Crippen LogP contribution is 2.23. The van der Waals surface area contributed by atoms with Gasteiger partial charge in [0.05, 0.1) is 11.3 Å². The van der Waals surface area contributed by atoms with E-state index in [1.807, 2.05) is 12.1 Å². The Labute approximate surface area is 172 Å². The summed E-state index contributed by atoms with van der Waals surface area (Å²) in [6.45, 7) is 5.56. The number of aromatic hydroxyl groups is 1. The van der Waals surface area contributed by atoms with E-state index in [0.29, 0.717) is 23.9 Å². The summed E-state index contributed by atoms with van der Waals surface area (Å²) in [4.78, 5) is 14.5. The molecule has 1 saturated heterocycles. The van der Waals surface area contributed by atoms with Gasteiger partial charge in [0.25, 0.3) is 0 Å². The van der Waals surface area contributed by atoms with Gasteiger partial charge in [0.2, 0.25) is 15.9 Å². The normalized spacial score (nSPS) is 16.6. The van der Waals surface area contributed by atoms with Crippen LogP contribution < -0.4 is 0 Å². The highest BCUT2D eigenvalue weighted by atomic mass is 32.2. The van der Waals surface area contributed by atoms with Crippen molar-refractivity contribution < 1.29 is 18.3 Å². The van der Waals surface area contributed by atoms with E-state index in [0.717, 1.165) is 17.5 Å². The van der Waals surface area contributed by atoms with Crippen LogP contribution in [0.4, 0.5) is 0 Å². The summed E-state index contributed by atoms with van der Waals surface area (Å²) in [5, 5.41) is 9.34. The van der Waals surface area contributed by atoms with Crippen LogP contribution in [0.3, 0.4) is 0 Å². The van der Waals surface area contributed by atoms with Crippen molar-refractivity contribution in [1.82, 2.24) is 9.21 Å². The second-order valence-corrected chi connectivity index (χ2v) is 9.44. The topological polar surface area (TPSA) is 77.9 Å². The second kappa shape index (κ2) is 8.97. The van der Waals surface area contributed by atoms with Crippen LogP contribution >= 0.6 is 0 Å². The molecule has 1 aliphatic rings. The number of hydrogen-bond donors (Lipinski definition) is 1. The van der Waals surface area contributed by atoms with E-state index in [4.69, 9.17) is 0 Å². The predicted molar refractivity (Wildman–Crippen MR) is 112 cm³/mol. The van der Waals surface area contributed by atoms with Crippen molar-refractivity contribution in [2.24, 2.45) is 0 Å². The number of sulfonamides is 1. The number of phenols is 1. The molecule has 0 aliphatic carbocycles. The number of nitrogens with zero attached hydrogens (tertiary/aromatic N) is 2. The van der Waals surface area contributed by atoms with Gasteiger partial charge in [0.1, 0.15) is 5.75 Å². The smallest absolute Gasteiger partial charge is 0.243 e. The quantitative estimate of drug-likeness (QED) is 0.785. The summed E-state index contributed by atoms with van der Waals surface area (Å²) in [6, 6.07) is 13.7. The number of amides is 1. The molecular formula is C22H28N2O4S. The monoisotopic (exact) mass is 416 g/mol. The average Bonchev–Trinajstić information content (AvgIpc) is 2.75. The van der Waals surface area contributed by atoms with Gasteiger partial charge in [-0.2, -0.15) is 4.31 Å². The summed E-state index contributed by atoms with van der Waals surface area (Å²) in [5.74, 6) is 0.526. The molecular weight excluding hydrogens is 388 g/mol. The fourth-order valence-electron chi connectivity index (χ4n) is 3.43. The molecule has 1 aliphatic heterocycles. The Morgan fingerprint density at radius 1 is 1.00 bits per heavy atom. The van der Waals surface area contributed by atoms with Crippen LogP contribution in [0.5, 0.6) is 5.75 Å². The van der Waals surface area contributed by atoms with E-state index in [1.54, 1.807) is 41.3 Å². The van der Waals surface area contributed by atoms with Crippen LogP contribution in [0.25, 0.3) is 0 Å². The Morgan fingerprint density at radius 3 is 2.14 bits per heavy atom. The van der Waals surface area contributed by atoms with Gasteiger partial charge < -0.3 is 10.0 Å². The first-order chi connectivity index (χ1) is 13.8. The third kappa shape index (κ3) is 4.97. The minimum Gasteiger partial charge on any atom is -0.508 e.